The smallest absolute Gasteiger partial charge is 0.326 e. The molecule has 0 aliphatic heterocycles. The van der Waals surface area contributed by atoms with E-state index in [0.29, 0.717) is 15.9 Å². The average molecular weight is 340 g/mol. The van der Waals surface area contributed by atoms with E-state index in [9.17, 15) is 14.4 Å². The molecule has 0 spiro atoms. The normalized spacial score (nSPS) is 10.1. The fourth-order valence-electron chi connectivity index (χ4n) is 1.51. The molecular formula is C12H10BrN3O4. The van der Waals surface area contributed by atoms with E-state index in [1.165, 1.54) is 7.11 Å². The number of nitrogens with one attached hydrogen (secondary N) is 3. The van der Waals surface area contributed by atoms with Crippen molar-refractivity contribution in [3.05, 3.63) is 55.3 Å². The second kappa shape index (κ2) is 5.74. The summed E-state index contributed by atoms with van der Waals surface area (Å²) in [7, 11) is 1.50. The Bertz CT molecular complexity index is 738. The van der Waals surface area contributed by atoms with Gasteiger partial charge in [-0.2, -0.15) is 0 Å². The summed E-state index contributed by atoms with van der Waals surface area (Å²) in [4.78, 5) is 38.5. The third-order valence-corrected chi connectivity index (χ3v) is 3.12. The Morgan fingerprint density at radius 2 is 2.00 bits per heavy atom. The summed E-state index contributed by atoms with van der Waals surface area (Å²) in [6, 6.07) is 6.03. The van der Waals surface area contributed by atoms with E-state index in [0.717, 1.165) is 6.07 Å². The molecule has 0 atom stereocenters. The first-order chi connectivity index (χ1) is 9.49. The zero-order chi connectivity index (χ0) is 14.7. The number of carbonyl (C=O) groups is 1. The molecule has 104 valence electrons. The van der Waals surface area contributed by atoms with Crippen molar-refractivity contribution >= 4 is 27.5 Å². The fraction of sp³-hybridized carbons (Fsp3) is 0.0833. The SMILES string of the molecule is COc1ccc(Br)c(NC(=O)c2cc(=O)[nH]c(=O)[nH]2)c1. The van der Waals surface area contributed by atoms with E-state index in [4.69, 9.17) is 4.74 Å². The monoisotopic (exact) mass is 339 g/mol. The van der Waals surface area contributed by atoms with E-state index in [1.807, 2.05) is 4.98 Å². The molecule has 3 N–H and O–H groups in total. The Morgan fingerprint density at radius 1 is 1.25 bits per heavy atom. The van der Waals surface area contributed by atoms with Crippen molar-refractivity contribution in [2.75, 3.05) is 12.4 Å². The molecule has 8 heteroatoms. The first kappa shape index (κ1) is 14.1. The van der Waals surface area contributed by atoms with Gasteiger partial charge in [-0.3, -0.25) is 14.6 Å². The van der Waals surface area contributed by atoms with Crippen LogP contribution in [0.4, 0.5) is 5.69 Å². The van der Waals surface area contributed by atoms with Gasteiger partial charge in [-0.1, -0.05) is 0 Å². The number of methoxy groups -OCH3 is 1. The van der Waals surface area contributed by atoms with Crippen LogP contribution in [0.1, 0.15) is 10.5 Å². The number of hydrogen-bond acceptors (Lipinski definition) is 4. The Balaban J connectivity index is 2.32. The summed E-state index contributed by atoms with van der Waals surface area (Å²) in [5, 5.41) is 2.57. The van der Waals surface area contributed by atoms with Gasteiger partial charge in [0, 0.05) is 16.6 Å². The van der Waals surface area contributed by atoms with Gasteiger partial charge in [-0.25, -0.2) is 4.79 Å². The molecule has 1 amide bonds. The van der Waals surface area contributed by atoms with Crippen LogP contribution in [-0.4, -0.2) is 23.0 Å². The zero-order valence-electron chi connectivity index (χ0n) is 10.3. The molecule has 7 nitrogen and oxygen atoms in total. The number of anilines is 1. The molecule has 1 aromatic carbocycles. The van der Waals surface area contributed by atoms with E-state index in [1.54, 1.807) is 18.2 Å². The lowest BCUT2D eigenvalue weighted by atomic mass is 10.3. The maximum atomic E-state index is 12.0. The van der Waals surface area contributed by atoms with Crippen LogP contribution < -0.4 is 21.3 Å². The van der Waals surface area contributed by atoms with Crippen LogP contribution in [0.15, 0.2) is 38.3 Å². The van der Waals surface area contributed by atoms with E-state index >= 15 is 0 Å². The topological polar surface area (TPSA) is 104 Å². The van der Waals surface area contributed by atoms with Gasteiger partial charge in [0.25, 0.3) is 11.5 Å². The highest BCUT2D eigenvalue weighted by molar-refractivity contribution is 9.10. The molecule has 2 aromatic rings. The molecule has 0 aliphatic carbocycles. The number of aromatic nitrogens is 2. The standard InChI is InChI=1S/C12H10BrN3O4/c1-20-6-2-3-7(13)8(4-6)14-11(18)9-5-10(17)16-12(19)15-9/h2-5H,1H3,(H,14,18)(H2,15,16,17,19). The lowest BCUT2D eigenvalue weighted by Gasteiger charge is -2.09. The third-order valence-electron chi connectivity index (χ3n) is 2.43. The highest BCUT2D eigenvalue weighted by Gasteiger charge is 2.11. The number of carbonyl (C=O) groups excluding carboxylic acids is 1. The fourth-order valence-corrected chi connectivity index (χ4v) is 1.85. The Morgan fingerprint density at radius 3 is 2.65 bits per heavy atom. The zero-order valence-corrected chi connectivity index (χ0v) is 11.9. The molecule has 0 radical (unpaired) electrons. The molecule has 20 heavy (non-hydrogen) atoms. The van der Waals surface area contributed by atoms with Crippen molar-refractivity contribution in [3.8, 4) is 5.75 Å². The van der Waals surface area contributed by atoms with Crippen molar-refractivity contribution in [1.82, 2.24) is 9.97 Å². The minimum absolute atomic E-state index is 0.131. The Hall–Kier alpha value is -2.35. The maximum Gasteiger partial charge on any atom is 0.326 e. The molecule has 0 bridgehead atoms. The molecular weight excluding hydrogens is 330 g/mol. The molecule has 0 fully saturated rings. The second-order valence-electron chi connectivity index (χ2n) is 3.80. The highest BCUT2D eigenvalue weighted by Crippen LogP contribution is 2.27. The summed E-state index contributed by atoms with van der Waals surface area (Å²) in [5.41, 5.74) is -1.07. The van der Waals surface area contributed by atoms with Crippen LogP contribution in [0.5, 0.6) is 5.75 Å². The summed E-state index contributed by atoms with van der Waals surface area (Å²) in [6.45, 7) is 0. The number of halogens is 1. The van der Waals surface area contributed by atoms with Crippen molar-refractivity contribution in [3.63, 3.8) is 0 Å². The number of hydrogen-bond donors (Lipinski definition) is 3. The van der Waals surface area contributed by atoms with Gasteiger partial charge < -0.3 is 15.0 Å². The maximum absolute atomic E-state index is 12.0. The lowest BCUT2D eigenvalue weighted by Crippen LogP contribution is -2.27. The Kier molecular flexibility index (Phi) is 4.04. The van der Waals surface area contributed by atoms with Gasteiger partial charge in [-0.15, -0.1) is 0 Å². The van der Waals surface area contributed by atoms with Crippen LogP contribution in [-0.2, 0) is 0 Å². The minimum atomic E-state index is -0.743. The van der Waals surface area contributed by atoms with Crippen molar-refractivity contribution in [2.24, 2.45) is 0 Å². The molecule has 0 saturated carbocycles. The first-order valence-corrected chi connectivity index (χ1v) is 6.27. The summed E-state index contributed by atoms with van der Waals surface area (Å²) < 4.78 is 5.69. The second-order valence-corrected chi connectivity index (χ2v) is 4.66. The quantitative estimate of drug-likeness (QED) is 0.778. The van der Waals surface area contributed by atoms with Gasteiger partial charge in [0.2, 0.25) is 0 Å². The largest absolute Gasteiger partial charge is 0.497 e. The Labute approximate surface area is 121 Å². The minimum Gasteiger partial charge on any atom is -0.497 e. The predicted molar refractivity (Wildman–Crippen MR) is 76.3 cm³/mol. The number of H-pyrrole nitrogens is 2. The van der Waals surface area contributed by atoms with Gasteiger partial charge in [0.15, 0.2) is 0 Å². The third kappa shape index (κ3) is 3.15. The average Bonchev–Trinajstić information content (AvgIpc) is 2.40. The van der Waals surface area contributed by atoms with Crippen molar-refractivity contribution in [2.45, 2.75) is 0 Å². The molecule has 1 aromatic heterocycles. The van der Waals surface area contributed by atoms with E-state index < -0.39 is 17.2 Å². The van der Waals surface area contributed by atoms with Crippen LogP contribution in [0.3, 0.4) is 0 Å². The van der Waals surface area contributed by atoms with Gasteiger partial charge in [0.1, 0.15) is 11.4 Å². The lowest BCUT2D eigenvalue weighted by molar-refractivity contribution is 0.102. The molecule has 1 heterocycles. The van der Waals surface area contributed by atoms with E-state index in [-0.39, 0.29) is 5.69 Å². The number of benzene rings is 1. The molecule has 0 unspecified atom stereocenters. The summed E-state index contributed by atoms with van der Waals surface area (Å²) in [5.74, 6) is -0.0509. The number of amides is 1. The summed E-state index contributed by atoms with van der Waals surface area (Å²) in [6.07, 6.45) is 0. The van der Waals surface area contributed by atoms with Crippen LogP contribution >= 0.6 is 15.9 Å². The van der Waals surface area contributed by atoms with Gasteiger partial charge in [0.05, 0.1) is 12.8 Å². The van der Waals surface area contributed by atoms with Crippen molar-refractivity contribution in [1.29, 1.82) is 0 Å². The highest BCUT2D eigenvalue weighted by atomic mass is 79.9. The number of ether oxygens (including phenoxy) is 1. The van der Waals surface area contributed by atoms with Gasteiger partial charge >= 0.3 is 5.69 Å². The molecule has 0 saturated heterocycles. The number of aromatic amines is 2. The molecule has 2 rings (SSSR count). The molecule has 0 aliphatic rings. The van der Waals surface area contributed by atoms with Crippen LogP contribution in [0.25, 0.3) is 0 Å². The summed E-state index contributed by atoms with van der Waals surface area (Å²) >= 11 is 3.28. The van der Waals surface area contributed by atoms with Crippen LogP contribution in [0.2, 0.25) is 0 Å². The predicted octanol–water partition coefficient (Wildman–Crippen LogP) is 1.09. The first-order valence-electron chi connectivity index (χ1n) is 5.48. The van der Waals surface area contributed by atoms with Gasteiger partial charge in [-0.05, 0) is 28.1 Å². The van der Waals surface area contributed by atoms with E-state index in [2.05, 4.69) is 26.2 Å². The van der Waals surface area contributed by atoms with Crippen LogP contribution in [0, 0.1) is 0 Å². The number of rotatable bonds is 3. The van der Waals surface area contributed by atoms with Crippen molar-refractivity contribution < 1.29 is 9.53 Å².